The Bertz CT molecular complexity index is 537. The van der Waals surface area contributed by atoms with Crippen molar-refractivity contribution in [2.24, 2.45) is 7.05 Å². The van der Waals surface area contributed by atoms with E-state index in [0.717, 1.165) is 12.4 Å². The third-order valence-electron chi connectivity index (χ3n) is 3.27. The number of nitrogens with one attached hydrogen (secondary N) is 1. The maximum Gasteiger partial charge on any atom is 0.146 e. The molecule has 0 fully saturated rings. The lowest BCUT2D eigenvalue weighted by atomic mass is 10.0. The lowest BCUT2D eigenvalue weighted by molar-refractivity contribution is 0.494. The minimum absolute atomic E-state index is 0.430. The van der Waals surface area contributed by atoms with E-state index in [2.05, 4.69) is 39.8 Å². The SMILES string of the molecule is Cn1cnnc1CNC1CCSc2ccccc21. The average molecular weight is 260 g/mol. The molecule has 1 N–H and O–H groups in total. The molecule has 94 valence electrons. The normalized spacial score (nSPS) is 18.6. The third kappa shape index (κ3) is 2.28. The number of aromatic nitrogens is 3. The first-order valence-corrected chi connectivity index (χ1v) is 7.11. The fourth-order valence-electron chi connectivity index (χ4n) is 2.24. The Balaban J connectivity index is 1.73. The molecule has 1 aliphatic heterocycles. The maximum absolute atomic E-state index is 4.10. The second-order valence-electron chi connectivity index (χ2n) is 4.47. The van der Waals surface area contributed by atoms with Crippen LogP contribution in [0, 0.1) is 0 Å². The fraction of sp³-hybridized carbons (Fsp3) is 0.385. The Labute approximate surface area is 111 Å². The zero-order chi connectivity index (χ0) is 12.4. The first-order chi connectivity index (χ1) is 8.84. The summed E-state index contributed by atoms with van der Waals surface area (Å²) in [4.78, 5) is 1.40. The molecule has 0 bridgehead atoms. The van der Waals surface area contributed by atoms with E-state index in [1.54, 1.807) is 6.33 Å². The Hall–Kier alpha value is -1.33. The van der Waals surface area contributed by atoms with Crippen LogP contribution in [-0.4, -0.2) is 20.5 Å². The summed E-state index contributed by atoms with van der Waals surface area (Å²) in [5.74, 6) is 2.15. The van der Waals surface area contributed by atoms with Gasteiger partial charge in [0.1, 0.15) is 12.2 Å². The second-order valence-corrected chi connectivity index (χ2v) is 5.60. The summed E-state index contributed by atoms with van der Waals surface area (Å²) in [6, 6.07) is 9.07. The second kappa shape index (κ2) is 5.12. The zero-order valence-electron chi connectivity index (χ0n) is 10.3. The number of thioether (sulfide) groups is 1. The molecule has 2 aromatic rings. The Morgan fingerprint density at radius 1 is 1.44 bits per heavy atom. The molecule has 1 aliphatic rings. The van der Waals surface area contributed by atoms with Crippen LogP contribution in [0.3, 0.4) is 0 Å². The van der Waals surface area contributed by atoms with Gasteiger partial charge in [0.2, 0.25) is 0 Å². The van der Waals surface area contributed by atoms with Crippen molar-refractivity contribution in [2.75, 3.05) is 5.75 Å². The molecule has 4 nitrogen and oxygen atoms in total. The molecular weight excluding hydrogens is 244 g/mol. The van der Waals surface area contributed by atoms with E-state index in [1.165, 1.54) is 22.6 Å². The van der Waals surface area contributed by atoms with Gasteiger partial charge >= 0.3 is 0 Å². The largest absolute Gasteiger partial charge is 0.320 e. The third-order valence-corrected chi connectivity index (χ3v) is 4.39. The van der Waals surface area contributed by atoms with Crippen molar-refractivity contribution in [3.8, 4) is 0 Å². The van der Waals surface area contributed by atoms with Crippen molar-refractivity contribution in [2.45, 2.75) is 23.9 Å². The molecule has 0 spiro atoms. The van der Waals surface area contributed by atoms with E-state index >= 15 is 0 Å². The van der Waals surface area contributed by atoms with E-state index in [9.17, 15) is 0 Å². The van der Waals surface area contributed by atoms with Gasteiger partial charge < -0.3 is 9.88 Å². The fourth-order valence-corrected chi connectivity index (χ4v) is 3.36. The highest BCUT2D eigenvalue weighted by Gasteiger charge is 2.19. The highest BCUT2D eigenvalue weighted by atomic mass is 32.2. The smallest absolute Gasteiger partial charge is 0.146 e. The quantitative estimate of drug-likeness (QED) is 0.918. The molecular formula is C13H16N4S. The van der Waals surface area contributed by atoms with Gasteiger partial charge in [-0.25, -0.2) is 0 Å². The number of benzene rings is 1. The van der Waals surface area contributed by atoms with Crippen LogP contribution in [0.25, 0.3) is 0 Å². The van der Waals surface area contributed by atoms with Crippen LogP contribution in [-0.2, 0) is 13.6 Å². The van der Waals surface area contributed by atoms with Crippen LogP contribution in [0.4, 0.5) is 0 Å². The van der Waals surface area contributed by atoms with Gasteiger partial charge in [-0.15, -0.1) is 22.0 Å². The Morgan fingerprint density at radius 3 is 3.17 bits per heavy atom. The molecule has 0 amide bonds. The van der Waals surface area contributed by atoms with Gasteiger partial charge in [0.05, 0.1) is 6.54 Å². The zero-order valence-corrected chi connectivity index (χ0v) is 11.2. The van der Waals surface area contributed by atoms with E-state index in [-0.39, 0.29) is 0 Å². The predicted molar refractivity (Wildman–Crippen MR) is 72.4 cm³/mol. The van der Waals surface area contributed by atoms with Crippen LogP contribution < -0.4 is 5.32 Å². The number of hydrogen-bond acceptors (Lipinski definition) is 4. The first kappa shape index (κ1) is 11.7. The Kier molecular flexibility index (Phi) is 3.34. The molecule has 0 saturated heterocycles. The van der Waals surface area contributed by atoms with Crippen LogP contribution in [0.15, 0.2) is 35.5 Å². The molecule has 2 heterocycles. The summed E-state index contributed by atoms with van der Waals surface area (Å²) in [5, 5.41) is 11.6. The van der Waals surface area contributed by atoms with Crippen molar-refractivity contribution < 1.29 is 0 Å². The van der Waals surface area contributed by atoms with Crippen LogP contribution in [0.2, 0.25) is 0 Å². The van der Waals surface area contributed by atoms with Crippen molar-refractivity contribution in [1.82, 2.24) is 20.1 Å². The summed E-state index contributed by atoms with van der Waals surface area (Å²) in [6.45, 7) is 0.764. The van der Waals surface area contributed by atoms with Crippen LogP contribution >= 0.6 is 11.8 Å². The summed E-state index contributed by atoms with van der Waals surface area (Å²) in [5.41, 5.74) is 1.41. The molecule has 0 aliphatic carbocycles. The molecule has 0 saturated carbocycles. The Morgan fingerprint density at radius 2 is 2.33 bits per heavy atom. The highest BCUT2D eigenvalue weighted by Crippen LogP contribution is 2.35. The lowest BCUT2D eigenvalue weighted by Gasteiger charge is -2.25. The van der Waals surface area contributed by atoms with Crippen molar-refractivity contribution >= 4 is 11.8 Å². The van der Waals surface area contributed by atoms with Gasteiger partial charge in [-0.05, 0) is 23.8 Å². The van der Waals surface area contributed by atoms with Gasteiger partial charge in [0.25, 0.3) is 0 Å². The van der Waals surface area contributed by atoms with Crippen molar-refractivity contribution in [3.63, 3.8) is 0 Å². The van der Waals surface area contributed by atoms with E-state index in [4.69, 9.17) is 0 Å². The molecule has 1 unspecified atom stereocenters. The molecule has 3 rings (SSSR count). The molecule has 1 aromatic heterocycles. The molecule has 18 heavy (non-hydrogen) atoms. The maximum atomic E-state index is 4.10. The van der Waals surface area contributed by atoms with Gasteiger partial charge in [-0.2, -0.15) is 0 Å². The standard InChI is InChI=1S/C13H16N4S/c1-17-9-15-16-13(17)8-14-11-6-7-18-12-5-3-2-4-10(11)12/h2-5,9,11,14H,6-8H2,1H3. The predicted octanol–water partition coefficient (Wildman–Crippen LogP) is 2.14. The van der Waals surface area contributed by atoms with Gasteiger partial charge in [-0.3, -0.25) is 0 Å². The number of fused-ring (bicyclic) bond motifs is 1. The molecule has 1 atom stereocenters. The topological polar surface area (TPSA) is 42.7 Å². The van der Waals surface area contributed by atoms with Crippen molar-refractivity contribution in [3.05, 3.63) is 42.0 Å². The monoisotopic (exact) mass is 260 g/mol. The summed E-state index contributed by atoms with van der Waals surface area (Å²) >= 11 is 1.95. The minimum atomic E-state index is 0.430. The summed E-state index contributed by atoms with van der Waals surface area (Å²) in [7, 11) is 1.97. The number of nitrogens with zero attached hydrogens (tertiary/aromatic N) is 3. The molecule has 0 radical (unpaired) electrons. The van der Waals surface area contributed by atoms with Crippen molar-refractivity contribution in [1.29, 1.82) is 0 Å². The van der Waals surface area contributed by atoms with E-state index < -0.39 is 0 Å². The highest BCUT2D eigenvalue weighted by molar-refractivity contribution is 7.99. The molecule has 5 heteroatoms. The first-order valence-electron chi connectivity index (χ1n) is 6.12. The molecule has 1 aromatic carbocycles. The number of aryl methyl sites for hydroxylation is 1. The van der Waals surface area contributed by atoms with Crippen LogP contribution in [0.5, 0.6) is 0 Å². The number of hydrogen-bond donors (Lipinski definition) is 1. The van der Waals surface area contributed by atoms with Gasteiger partial charge in [0.15, 0.2) is 0 Å². The summed E-state index contributed by atoms with van der Waals surface area (Å²) in [6.07, 6.45) is 2.90. The van der Waals surface area contributed by atoms with Gasteiger partial charge in [0, 0.05) is 18.0 Å². The van der Waals surface area contributed by atoms with E-state index in [1.807, 2.05) is 23.4 Å². The summed E-state index contributed by atoms with van der Waals surface area (Å²) < 4.78 is 1.95. The van der Waals surface area contributed by atoms with E-state index in [0.29, 0.717) is 6.04 Å². The minimum Gasteiger partial charge on any atom is -0.320 e. The number of rotatable bonds is 3. The van der Waals surface area contributed by atoms with Crippen LogP contribution in [0.1, 0.15) is 23.9 Å². The lowest BCUT2D eigenvalue weighted by Crippen LogP contribution is -2.25. The van der Waals surface area contributed by atoms with Gasteiger partial charge in [-0.1, -0.05) is 18.2 Å². The average Bonchev–Trinajstić information content (AvgIpc) is 2.82.